The van der Waals surface area contributed by atoms with Gasteiger partial charge in [0.25, 0.3) is 0 Å². The Balaban J connectivity index is 2.66. The molecular weight excluding hydrogens is 270 g/mol. The van der Waals surface area contributed by atoms with Crippen molar-refractivity contribution in [3.8, 4) is 0 Å². The highest BCUT2D eigenvalue weighted by atomic mass is 16.5. The maximum Gasteiger partial charge on any atom is 0.310 e. The Bertz CT molecular complexity index is 347. The number of guanidine groups is 1. The molecule has 1 heterocycles. The SMILES string of the molecule is CCNC(=NCC(C)CO)N1CCCC(C(=O)OCC)C1. The van der Waals surface area contributed by atoms with E-state index in [-0.39, 0.29) is 24.4 Å². The van der Waals surface area contributed by atoms with E-state index < -0.39 is 0 Å². The van der Waals surface area contributed by atoms with Gasteiger partial charge in [-0.3, -0.25) is 9.79 Å². The summed E-state index contributed by atoms with van der Waals surface area (Å²) in [5.74, 6) is 0.788. The number of carbonyl (C=O) groups excluding carboxylic acids is 1. The number of aliphatic hydroxyl groups is 1. The average molecular weight is 299 g/mol. The molecule has 6 nitrogen and oxygen atoms in total. The van der Waals surface area contributed by atoms with Crippen molar-refractivity contribution >= 4 is 11.9 Å². The molecule has 0 radical (unpaired) electrons. The second kappa shape index (κ2) is 9.60. The number of esters is 1. The van der Waals surface area contributed by atoms with E-state index in [1.165, 1.54) is 0 Å². The number of nitrogens with zero attached hydrogens (tertiary/aromatic N) is 2. The van der Waals surface area contributed by atoms with Crippen molar-refractivity contribution in [3.63, 3.8) is 0 Å². The van der Waals surface area contributed by atoms with E-state index in [9.17, 15) is 4.79 Å². The van der Waals surface area contributed by atoms with Crippen LogP contribution in [0, 0.1) is 11.8 Å². The van der Waals surface area contributed by atoms with Gasteiger partial charge in [-0.15, -0.1) is 0 Å². The lowest BCUT2D eigenvalue weighted by molar-refractivity contribution is -0.149. The Morgan fingerprint density at radius 2 is 2.29 bits per heavy atom. The number of carbonyl (C=O) groups is 1. The zero-order valence-corrected chi connectivity index (χ0v) is 13.5. The molecule has 0 aromatic carbocycles. The largest absolute Gasteiger partial charge is 0.466 e. The lowest BCUT2D eigenvalue weighted by Gasteiger charge is -2.34. The van der Waals surface area contributed by atoms with Crippen molar-refractivity contribution in [1.29, 1.82) is 0 Å². The Labute approximate surface area is 127 Å². The minimum atomic E-state index is -0.109. The number of likely N-dealkylation sites (tertiary alicyclic amines) is 1. The topological polar surface area (TPSA) is 74.2 Å². The predicted molar refractivity (Wildman–Crippen MR) is 83.2 cm³/mol. The van der Waals surface area contributed by atoms with Crippen molar-refractivity contribution < 1.29 is 14.6 Å². The van der Waals surface area contributed by atoms with Crippen molar-refractivity contribution in [2.45, 2.75) is 33.6 Å². The van der Waals surface area contributed by atoms with Crippen LogP contribution < -0.4 is 5.32 Å². The third-order valence-corrected chi connectivity index (χ3v) is 3.54. The Morgan fingerprint density at radius 1 is 1.52 bits per heavy atom. The summed E-state index contributed by atoms with van der Waals surface area (Å²) >= 11 is 0. The molecule has 0 aromatic rings. The predicted octanol–water partition coefficient (Wildman–Crippen LogP) is 0.855. The molecule has 6 heteroatoms. The van der Waals surface area contributed by atoms with Crippen LogP contribution >= 0.6 is 0 Å². The summed E-state index contributed by atoms with van der Waals surface area (Å²) in [4.78, 5) is 18.6. The summed E-state index contributed by atoms with van der Waals surface area (Å²) in [6.07, 6.45) is 1.84. The highest BCUT2D eigenvalue weighted by Gasteiger charge is 2.28. The third kappa shape index (κ3) is 5.91. The van der Waals surface area contributed by atoms with Gasteiger partial charge in [-0.2, -0.15) is 0 Å². The number of nitrogens with one attached hydrogen (secondary N) is 1. The van der Waals surface area contributed by atoms with Crippen molar-refractivity contribution in [1.82, 2.24) is 10.2 Å². The van der Waals surface area contributed by atoms with E-state index in [1.54, 1.807) is 0 Å². The fourth-order valence-corrected chi connectivity index (χ4v) is 2.35. The first-order valence-electron chi connectivity index (χ1n) is 7.93. The molecule has 0 aliphatic carbocycles. The van der Waals surface area contributed by atoms with Crippen LogP contribution in [0.3, 0.4) is 0 Å². The fourth-order valence-electron chi connectivity index (χ4n) is 2.35. The van der Waals surface area contributed by atoms with Crippen LogP contribution in [-0.4, -0.2) is 61.3 Å². The molecule has 1 aliphatic rings. The fraction of sp³-hybridized carbons (Fsp3) is 0.867. The summed E-state index contributed by atoms with van der Waals surface area (Å²) in [6.45, 7) is 9.30. The van der Waals surface area contributed by atoms with Crippen LogP contribution in [0.5, 0.6) is 0 Å². The summed E-state index contributed by atoms with van der Waals surface area (Å²) in [5.41, 5.74) is 0. The van der Waals surface area contributed by atoms with Gasteiger partial charge in [0.1, 0.15) is 0 Å². The maximum atomic E-state index is 11.9. The van der Waals surface area contributed by atoms with Crippen LogP contribution in [0.2, 0.25) is 0 Å². The lowest BCUT2D eigenvalue weighted by atomic mass is 9.98. The maximum absolute atomic E-state index is 11.9. The van der Waals surface area contributed by atoms with E-state index in [4.69, 9.17) is 9.84 Å². The molecular formula is C15H29N3O3. The van der Waals surface area contributed by atoms with Gasteiger partial charge in [0.2, 0.25) is 0 Å². The standard InChI is InChI=1S/C15H29N3O3/c1-4-16-15(17-9-12(3)11-19)18-8-6-7-13(10-18)14(20)21-5-2/h12-13,19H,4-11H2,1-3H3,(H,16,17). The summed E-state index contributed by atoms with van der Waals surface area (Å²) in [5, 5.41) is 12.4. The van der Waals surface area contributed by atoms with E-state index in [2.05, 4.69) is 15.2 Å². The third-order valence-electron chi connectivity index (χ3n) is 3.54. The molecule has 2 unspecified atom stereocenters. The molecule has 2 atom stereocenters. The average Bonchev–Trinajstić information content (AvgIpc) is 2.51. The first-order valence-corrected chi connectivity index (χ1v) is 7.93. The van der Waals surface area contributed by atoms with Gasteiger partial charge < -0.3 is 20.1 Å². The molecule has 1 aliphatic heterocycles. The molecule has 0 amide bonds. The second-order valence-corrected chi connectivity index (χ2v) is 5.52. The zero-order valence-electron chi connectivity index (χ0n) is 13.5. The number of aliphatic imine (C=N–C) groups is 1. The Hall–Kier alpha value is -1.30. The number of rotatable bonds is 6. The number of hydrogen-bond acceptors (Lipinski definition) is 4. The number of hydrogen-bond donors (Lipinski definition) is 2. The Kier molecular flexibility index (Phi) is 8.12. The molecule has 0 bridgehead atoms. The van der Waals surface area contributed by atoms with Gasteiger partial charge in [-0.25, -0.2) is 0 Å². The lowest BCUT2D eigenvalue weighted by Crippen LogP contribution is -2.48. The van der Waals surface area contributed by atoms with Crippen LogP contribution in [0.4, 0.5) is 0 Å². The Morgan fingerprint density at radius 3 is 2.90 bits per heavy atom. The molecule has 0 aromatic heterocycles. The van der Waals surface area contributed by atoms with E-state index in [1.807, 2.05) is 20.8 Å². The molecule has 1 fully saturated rings. The van der Waals surface area contributed by atoms with E-state index in [0.29, 0.717) is 19.7 Å². The quantitative estimate of drug-likeness (QED) is 0.432. The van der Waals surface area contributed by atoms with Crippen molar-refractivity contribution in [2.24, 2.45) is 16.8 Å². The first-order chi connectivity index (χ1) is 10.1. The van der Waals surface area contributed by atoms with Gasteiger partial charge >= 0.3 is 5.97 Å². The van der Waals surface area contributed by atoms with Crippen molar-refractivity contribution in [3.05, 3.63) is 0 Å². The summed E-state index contributed by atoms with van der Waals surface area (Å²) in [6, 6.07) is 0. The molecule has 1 rings (SSSR count). The minimum absolute atomic E-state index is 0.0715. The summed E-state index contributed by atoms with van der Waals surface area (Å²) in [7, 11) is 0. The molecule has 0 spiro atoms. The summed E-state index contributed by atoms with van der Waals surface area (Å²) < 4.78 is 5.13. The number of ether oxygens (including phenoxy) is 1. The van der Waals surface area contributed by atoms with Crippen LogP contribution in [0.15, 0.2) is 4.99 Å². The molecule has 0 saturated carbocycles. The van der Waals surface area contributed by atoms with Gasteiger partial charge in [-0.05, 0) is 32.6 Å². The highest BCUT2D eigenvalue weighted by Crippen LogP contribution is 2.18. The van der Waals surface area contributed by atoms with E-state index >= 15 is 0 Å². The number of piperidine rings is 1. The molecule has 122 valence electrons. The van der Waals surface area contributed by atoms with Gasteiger partial charge in [0.15, 0.2) is 5.96 Å². The van der Waals surface area contributed by atoms with Gasteiger partial charge in [0, 0.05) is 32.8 Å². The molecule has 1 saturated heterocycles. The van der Waals surface area contributed by atoms with Gasteiger partial charge in [0.05, 0.1) is 12.5 Å². The first kappa shape index (κ1) is 17.8. The number of aliphatic hydroxyl groups excluding tert-OH is 1. The zero-order chi connectivity index (χ0) is 15.7. The molecule has 2 N–H and O–H groups in total. The van der Waals surface area contributed by atoms with Crippen LogP contribution in [0.25, 0.3) is 0 Å². The second-order valence-electron chi connectivity index (χ2n) is 5.52. The monoisotopic (exact) mass is 299 g/mol. The van der Waals surface area contributed by atoms with Gasteiger partial charge in [-0.1, -0.05) is 6.92 Å². The normalized spacial score (nSPS) is 21.0. The molecule has 21 heavy (non-hydrogen) atoms. The van der Waals surface area contributed by atoms with Crippen LogP contribution in [-0.2, 0) is 9.53 Å². The van der Waals surface area contributed by atoms with Crippen molar-refractivity contribution in [2.75, 3.05) is 39.4 Å². The van der Waals surface area contributed by atoms with Crippen LogP contribution in [0.1, 0.15) is 33.6 Å². The highest BCUT2D eigenvalue weighted by molar-refractivity contribution is 5.81. The minimum Gasteiger partial charge on any atom is -0.466 e. The van der Waals surface area contributed by atoms with E-state index in [0.717, 1.165) is 31.9 Å². The smallest absolute Gasteiger partial charge is 0.310 e.